The van der Waals surface area contributed by atoms with E-state index >= 15 is 0 Å². The number of nitrogens with zero attached hydrogens (tertiary/aromatic N) is 2. The fourth-order valence-electron chi connectivity index (χ4n) is 4.39. The Kier molecular flexibility index (Phi) is 7.78. The standard InChI is InChI=1S/C25H26Cl2N2O5/c1-33-20-7-6-17(15-19(20)27)23(30)21-22(16-4-2-5-18(26)14-16)29(25(32)24(21)31)9-3-8-28-10-12-34-13-11-28/h2,4-7,14-15,22,30H,3,8-13H2,1H3/b23-21+. The van der Waals surface area contributed by atoms with Gasteiger partial charge in [0.15, 0.2) is 0 Å². The predicted molar refractivity (Wildman–Crippen MR) is 130 cm³/mol. The first kappa shape index (κ1) is 24.5. The summed E-state index contributed by atoms with van der Waals surface area (Å²) in [4.78, 5) is 30.0. The predicted octanol–water partition coefficient (Wildman–Crippen LogP) is 4.15. The average molecular weight is 505 g/mol. The molecule has 2 aliphatic rings. The zero-order chi connectivity index (χ0) is 24.2. The molecule has 2 fully saturated rings. The molecule has 34 heavy (non-hydrogen) atoms. The summed E-state index contributed by atoms with van der Waals surface area (Å²) in [6.45, 7) is 4.21. The van der Waals surface area contributed by atoms with Gasteiger partial charge in [-0.15, -0.1) is 0 Å². The smallest absolute Gasteiger partial charge is 0.295 e. The maximum Gasteiger partial charge on any atom is 0.295 e. The van der Waals surface area contributed by atoms with Crippen LogP contribution in [0.15, 0.2) is 48.0 Å². The lowest BCUT2D eigenvalue weighted by Crippen LogP contribution is -2.38. The number of hydrogen-bond donors (Lipinski definition) is 1. The van der Waals surface area contributed by atoms with Gasteiger partial charge in [-0.3, -0.25) is 14.5 Å². The van der Waals surface area contributed by atoms with Crippen molar-refractivity contribution in [2.75, 3.05) is 46.5 Å². The lowest BCUT2D eigenvalue weighted by molar-refractivity contribution is -0.140. The number of ketones is 1. The summed E-state index contributed by atoms with van der Waals surface area (Å²) in [6.07, 6.45) is 0.679. The molecule has 1 amide bonds. The van der Waals surface area contributed by atoms with Crippen LogP contribution in [0.25, 0.3) is 5.76 Å². The van der Waals surface area contributed by atoms with Crippen LogP contribution < -0.4 is 4.74 Å². The molecule has 180 valence electrons. The van der Waals surface area contributed by atoms with E-state index in [1.165, 1.54) is 18.1 Å². The number of likely N-dealkylation sites (tertiary alicyclic amines) is 1. The minimum absolute atomic E-state index is 0.0138. The number of benzene rings is 2. The molecule has 0 bridgehead atoms. The number of aliphatic hydroxyl groups is 1. The summed E-state index contributed by atoms with van der Waals surface area (Å²) in [5, 5.41) is 11.9. The highest BCUT2D eigenvalue weighted by Crippen LogP contribution is 2.40. The molecule has 0 spiro atoms. The first-order valence-electron chi connectivity index (χ1n) is 11.1. The highest BCUT2D eigenvalue weighted by molar-refractivity contribution is 6.46. The van der Waals surface area contributed by atoms with Crippen LogP contribution in [-0.2, 0) is 14.3 Å². The third kappa shape index (κ3) is 5.08. The Morgan fingerprint density at radius 1 is 1.12 bits per heavy atom. The van der Waals surface area contributed by atoms with E-state index < -0.39 is 17.7 Å². The maximum absolute atomic E-state index is 13.1. The van der Waals surface area contributed by atoms with Crippen molar-refractivity contribution in [1.29, 1.82) is 0 Å². The van der Waals surface area contributed by atoms with Gasteiger partial charge in [0.25, 0.3) is 11.7 Å². The van der Waals surface area contributed by atoms with Crippen LogP contribution in [0.1, 0.15) is 23.6 Å². The summed E-state index contributed by atoms with van der Waals surface area (Å²) in [7, 11) is 1.49. The highest BCUT2D eigenvalue weighted by atomic mass is 35.5. The largest absolute Gasteiger partial charge is 0.507 e. The average Bonchev–Trinajstić information content (AvgIpc) is 3.09. The van der Waals surface area contributed by atoms with Crippen molar-refractivity contribution < 1.29 is 24.2 Å². The summed E-state index contributed by atoms with van der Waals surface area (Å²) in [5.41, 5.74) is 0.989. The second kappa shape index (κ2) is 10.8. The van der Waals surface area contributed by atoms with Gasteiger partial charge in [0.2, 0.25) is 0 Å². The Bertz CT molecular complexity index is 1110. The van der Waals surface area contributed by atoms with E-state index in [-0.39, 0.29) is 16.4 Å². The van der Waals surface area contributed by atoms with Crippen molar-refractivity contribution >= 4 is 40.7 Å². The minimum atomic E-state index is -0.760. The summed E-state index contributed by atoms with van der Waals surface area (Å²) in [6, 6.07) is 10.9. The SMILES string of the molecule is COc1ccc(/C(O)=C2\C(=O)C(=O)N(CCCN3CCOCC3)C2c2cccc(Cl)c2)cc1Cl. The monoisotopic (exact) mass is 504 g/mol. The molecule has 0 radical (unpaired) electrons. The van der Waals surface area contributed by atoms with Gasteiger partial charge in [0.1, 0.15) is 11.5 Å². The number of aliphatic hydroxyl groups excluding tert-OH is 1. The van der Waals surface area contributed by atoms with Crippen LogP contribution in [0.5, 0.6) is 5.75 Å². The summed E-state index contributed by atoms with van der Waals surface area (Å²) >= 11 is 12.5. The Morgan fingerprint density at radius 3 is 2.56 bits per heavy atom. The number of amides is 1. The Labute approximate surface area is 208 Å². The van der Waals surface area contributed by atoms with Crippen molar-refractivity contribution in [3.8, 4) is 5.75 Å². The third-order valence-corrected chi connectivity index (χ3v) is 6.64. The van der Waals surface area contributed by atoms with E-state index in [1.54, 1.807) is 36.4 Å². The van der Waals surface area contributed by atoms with Crippen molar-refractivity contribution in [3.63, 3.8) is 0 Å². The van der Waals surface area contributed by atoms with Crippen molar-refractivity contribution in [1.82, 2.24) is 9.80 Å². The van der Waals surface area contributed by atoms with Crippen molar-refractivity contribution in [2.45, 2.75) is 12.5 Å². The number of carbonyl (C=O) groups is 2. The van der Waals surface area contributed by atoms with Crippen LogP contribution in [0.2, 0.25) is 10.0 Å². The molecule has 2 heterocycles. The van der Waals surface area contributed by atoms with Gasteiger partial charge in [0.05, 0.1) is 37.0 Å². The first-order valence-corrected chi connectivity index (χ1v) is 11.8. The molecule has 9 heteroatoms. The lowest BCUT2D eigenvalue weighted by atomic mass is 9.95. The molecule has 1 unspecified atom stereocenters. The van der Waals surface area contributed by atoms with E-state index in [0.29, 0.717) is 48.1 Å². The molecule has 1 atom stereocenters. The van der Waals surface area contributed by atoms with Crippen LogP contribution in [-0.4, -0.2) is 73.1 Å². The maximum atomic E-state index is 13.1. The number of morpholine rings is 1. The van der Waals surface area contributed by atoms with Crippen molar-refractivity contribution in [3.05, 3.63) is 69.2 Å². The molecule has 2 aromatic carbocycles. The van der Waals surface area contributed by atoms with E-state index in [2.05, 4.69) is 4.90 Å². The molecule has 0 aliphatic carbocycles. The number of ether oxygens (including phenoxy) is 2. The van der Waals surface area contributed by atoms with E-state index in [9.17, 15) is 14.7 Å². The number of hydrogen-bond acceptors (Lipinski definition) is 6. The van der Waals surface area contributed by atoms with E-state index in [0.717, 1.165) is 19.6 Å². The normalized spacial score (nSPS) is 20.7. The molecule has 0 aromatic heterocycles. The molecular formula is C25H26Cl2N2O5. The summed E-state index contributed by atoms with van der Waals surface area (Å²) < 4.78 is 10.6. The lowest BCUT2D eigenvalue weighted by Gasteiger charge is -2.29. The number of halogens is 2. The molecule has 7 nitrogen and oxygen atoms in total. The van der Waals surface area contributed by atoms with Gasteiger partial charge in [0, 0.05) is 36.8 Å². The van der Waals surface area contributed by atoms with Gasteiger partial charge >= 0.3 is 0 Å². The molecule has 2 aliphatic heterocycles. The van der Waals surface area contributed by atoms with Gasteiger partial charge < -0.3 is 19.5 Å². The second-order valence-corrected chi connectivity index (χ2v) is 9.05. The highest BCUT2D eigenvalue weighted by Gasteiger charge is 2.45. The molecule has 0 saturated carbocycles. The van der Waals surface area contributed by atoms with Crippen LogP contribution in [0.3, 0.4) is 0 Å². The number of rotatable bonds is 7. The fourth-order valence-corrected chi connectivity index (χ4v) is 4.85. The Balaban J connectivity index is 1.69. The number of methoxy groups -OCH3 is 1. The Hall–Kier alpha value is -2.58. The van der Waals surface area contributed by atoms with Crippen LogP contribution in [0.4, 0.5) is 0 Å². The van der Waals surface area contributed by atoms with Crippen LogP contribution >= 0.6 is 23.2 Å². The molecule has 1 N–H and O–H groups in total. The second-order valence-electron chi connectivity index (χ2n) is 8.20. The van der Waals surface area contributed by atoms with E-state index in [4.69, 9.17) is 32.7 Å². The van der Waals surface area contributed by atoms with Gasteiger partial charge in [-0.05, 0) is 42.3 Å². The topological polar surface area (TPSA) is 79.3 Å². The van der Waals surface area contributed by atoms with Crippen LogP contribution in [0, 0.1) is 0 Å². The zero-order valence-corrected chi connectivity index (χ0v) is 20.3. The molecular weight excluding hydrogens is 479 g/mol. The molecule has 2 saturated heterocycles. The zero-order valence-electron chi connectivity index (χ0n) is 18.8. The number of Topliss-reactive ketones (excluding diaryl/α,β-unsaturated/α-hetero) is 1. The first-order chi connectivity index (χ1) is 16.4. The number of carbonyl (C=O) groups excluding carboxylic acids is 2. The van der Waals surface area contributed by atoms with Gasteiger partial charge in [-0.1, -0.05) is 35.3 Å². The summed E-state index contributed by atoms with van der Waals surface area (Å²) in [5.74, 6) is -1.23. The third-order valence-electron chi connectivity index (χ3n) is 6.11. The fraction of sp³-hybridized carbons (Fsp3) is 0.360. The molecule has 2 aromatic rings. The molecule has 4 rings (SSSR count). The van der Waals surface area contributed by atoms with Gasteiger partial charge in [-0.2, -0.15) is 0 Å². The minimum Gasteiger partial charge on any atom is -0.507 e. The quantitative estimate of drug-likeness (QED) is 0.346. The van der Waals surface area contributed by atoms with E-state index in [1.807, 2.05) is 0 Å². The van der Waals surface area contributed by atoms with Gasteiger partial charge in [-0.25, -0.2) is 0 Å². The van der Waals surface area contributed by atoms with Crippen molar-refractivity contribution in [2.24, 2.45) is 0 Å². The Morgan fingerprint density at radius 2 is 1.88 bits per heavy atom.